The molecule has 1 N–H and O–H groups in total. The van der Waals surface area contributed by atoms with Crippen LogP contribution in [0.1, 0.15) is 26.7 Å². The van der Waals surface area contributed by atoms with Crippen LogP contribution in [0.25, 0.3) is 0 Å². The zero-order valence-electron chi connectivity index (χ0n) is 17.1. The molecule has 2 rings (SSSR count). The highest BCUT2D eigenvalue weighted by atomic mass is 16.6. The molecule has 0 saturated carbocycles. The van der Waals surface area contributed by atoms with Gasteiger partial charge in [0.25, 0.3) is 0 Å². The van der Waals surface area contributed by atoms with E-state index in [1.807, 2.05) is 43.3 Å². The SMILES string of the molecule is CCOC(=O)N1CCC(NC(=O)CN(C(C)=O)c2ccc(N(C)C)cc2)CC1. The van der Waals surface area contributed by atoms with Gasteiger partial charge in [0, 0.05) is 51.5 Å². The molecule has 154 valence electrons. The summed E-state index contributed by atoms with van der Waals surface area (Å²) < 4.78 is 5.00. The zero-order valence-corrected chi connectivity index (χ0v) is 17.1. The summed E-state index contributed by atoms with van der Waals surface area (Å²) in [5.74, 6) is -0.397. The van der Waals surface area contributed by atoms with E-state index in [1.165, 1.54) is 11.8 Å². The Morgan fingerprint density at radius 2 is 1.68 bits per heavy atom. The first-order valence-corrected chi connectivity index (χ1v) is 9.58. The molecule has 8 nitrogen and oxygen atoms in total. The summed E-state index contributed by atoms with van der Waals surface area (Å²) in [6, 6.07) is 7.48. The molecule has 1 aliphatic heterocycles. The number of hydrogen-bond donors (Lipinski definition) is 1. The Kier molecular flexibility index (Phi) is 7.66. The molecule has 3 amide bonds. The van der Waals surface area contributed by atoms with Crippen molar-refractivity contribution in [1.29, 1.82) is 0 Å². The standard InChI is InChI=1S/C20H30N4O4/c1-5-28-20(27)23-12-10-16(11-13-23)21-19(26)14-24(15(2)25)18-8-6-17(7-9-18)22(3)4/h6-9,16H,5,10-14H2,1-4H3,(H,21,26). The van der Waals surface area contributed by atoms with Gasteiger partial charge in [-0.25, -0.2) is 4.79 Å². The summed E-state index contributed by atoms with van der Waals surface area (Å²) in [6.07, 6.45) is 1.03. The summed E-state index contributed by atoms with van der Waals surface area (Å²) in [7, 11) is 3.89. The second-order valence-corrected chi connectivity index (χ2v) is 7.04. The van der Waals surface area contributed by atoms with Crippen molar-refractivity contribution >= 4 is 29.3 Å². The van der Waals surface area contributed by atoms with Gasteiger partial charge < -0.3 is 24.8 Å². The molecule has 0 spiro atoms. The normalized spacial score (nSPS) is 14.4. The van der Waals surface area contributed by atoms with Gasteiger partial charge in [0.1, 0.15) is 6.54 Å². The third-order valence-corrected chi connectivity index (χ3v) is 4.75. The van der Waals surface area contributed by atoms with Gasteiger partial charge in [0.05, 0.1) is 6.61 Å². The summed E-state index contributed by atoms with van der Waals surface area (Å²) >= 11 is 0. The molecule has 0 unspecified atom stereocenters. The molecule has 1 heterocycles. The van der Waals surface area contributed by atoms with E-state index in [-0.39, 0.29) is 30.5 Å². The largest absolute Gasteiger partial charge is 0.450 e. The highest BCUT2D eigenvalue weighted by molar-refractivity contribution is 5.97. The number of amides is 3. The van der Waals surface area contributed by atoms with Crippen molar-refractivity contribution in [2.75, 3.05) is 50.1 Å². The highest BCUT2D eigenvalue weighted by Gasteiger charge is 2.25. The maximum absolute atomic E-state index is 12.5. The number of benzene rings is 1. The average molecular weight is 390 g/mol. The van der Waals surface area contributed by atoms with Gasteiger partial charge in [-0.05, 0) is 44.0 Å². The van der Waals surface area contributed by atoms with E-state index in [0.717, 1.165) is 5.69 Å². The molecular formula is C20H30N4O4. The molecule has 28 heavy (non-hydrogen) atoms. The first kappa shape index (κ1) is 21.5. The third kappa shape index (κ3) is 5.87. The van der Waals surface area contributed by atoms with Gasteiger partial charge in [0.2, 0.25) is 11.8 Å². The van der Waals surface area contributed by atoms with Crippen LogP contribution in [-0.2, 0) is 14.3 Å². The number of likely N-dealkylation sites (tertiary alicyclic amines) is 1. The van der Waals surface area contributed by atoms with Crippen LogP contribution in [-0.4, -0.2) is 69.2 Å². The summed E-state index contributed by atoms with van der Waals surface area (Å²) in [6.45, 7) is 4.64. The number of piperidine rings is 1. The molecule has 1 aromatic rings. The number of nitrogens with one attached hydrogen (secondary N) is 1. The molecule has 1 fully saturated rings. The Labute approximate surface area is 166 Å². The second kappa shape index (κ2) is 9.96. The van der Waals surface area contributed by atoms with E-state index < -0.39 is 0 Å². The minimum absolute atomic E-state index is 0.0110. The van der Waals surface area contributed by atoms with Gasteiger partial charge in [-0.15, -0.1) is 0 Å². The summed E-state index contributed by atoms with van der Waals surface area (Å²) in [5, 5.41) is 2.98. The van der Waals surface area contributed by atoms with Crippen molar-refractivity contribution < 1.29 is 19.1 Å². The molecule has 0 bridgehead atoms. The Morgan fingerprint density at radius 1 is 1.11 bits per heavy atom. The highest BCUT2D eigenvalue weighted by Crippen LogP contribution is 2.20. The van der Waals surface area contributed by atoms with Crippen molar-refractivity contribution in [2.45, 2.75) is 32.7 Å². The number of ether oxygens (including phenoxy) is 1. The van der Waals surface area contributed by atoms with Crippen LogP contribution in [0.5, 0.6) is 0 Å². The molecule has 0 aliphatic carbocycles. The van der Waals surface area contributed by atoms with E-state index in [9.17, 15) is 14.4 Å². The van der Waals surface area contributed by atoms with Crippen molar-refractivity contribution in [1.82, 2.24) is 10.2 Å². The number of nitrogens with zero attached hydrogens (tertiary/aromatic N) is 3. The number of carbonyl (C=O) groups excluding carboxylic acids is 3. The molecule has 0 radical (unpaired) electrons. The Balaban J connectivity index is 1.89. The van der Waals surface area contributed by atoms with Crippen LogP contribution in [0.3, 0.4) is 0 Å². The first-order chi connectivity index (χ1) is 13.3. The van der Waals surface area contributed by atoms with Crippen LogP contribution >= 0.6 is 0 Å². The lowest BCUT2D eigenvalue weighted by Gasteiger charge is -2.32. The minimum Gasteiger partial charge on any atom is -0.450 e. The van der Waals surface area contributed by atoms with Crippen LogP contribution in [0.4, 0.5) is 16.2 Å². The molecule has 8 heteroatoms. The van der Waals surface area contributed by atoms with Gasteiger partial charge in [0.15, 0.2) is 0 Å². The lowest BCUT2D eigenvalue weighted by molar-refractivity contribution is -0.123. The van der Waals surface area contributed by atoms with Crippen molar-refractivity contribution in [3.8, 4) is 0 Å². The van der Waals surface area contributed by atoms with Gasteiger partial charge >= 0.3 is 6.09 Å². The van der Waals surface area contributed by atoms with Crippen LogP contribution < -0.4 is 15.1 Å². The molecular weight excluding hydrogens is 360 g/mol. The maximum Gasteiger partial charge on any atom is 0.409 e. The van der Waals surface area contributed by atoms with E-state index >= 15 is 0 Å². The molecule has 0 atom stereocenters. The zero-order chi connectivity index (χ0) is 20.7. The van der Waals surface area contributed by atoms with Crippen molar-refractivity contribution in [2.24, 2.45) is 0 Å². The Hall–Kier alpha value is -2.77. The smallest absolute Gasteiger partial charge is 0.409 e. The molecule has 1 aromatic carbocycles. The van der Waals surface area contributed by atoms with Gasteiger partial charge in [-0.2, -0.15) is 0 Å². The van der Waals surface area contributed by atoms with E-state index in [4.69, 9.17) is 4.74 Å². The molecule has 1 saturated heterocycles. The third-order valence-electron chi connectivity index (χ3n) is 4.75. The quantitative estimate of drug-likeness (QED) is 0.802. The van der Waals surface area contributed by atoms with Crippen molar-refractivity contribution in [3.05, 3.63) is 24.3 Å². The monoisotopic (exact) mass is 390 g/mol. The Morgan fingerprint density at radius 3 is 2.18 bits per heavy atom. The van der Waals surface area contributed by atoms with Gasteiger partial charge in [-0.3, -0.25) is 9.59 Å². The van der Waals surface area contributed by atoms with E-state index in [2.05, 4.69) is 5.32 Å². The number of carbonyl (C=O) groups is 3. The predicted octanol–water partition coefficient (Wildman–Crippen LogP) is 1.84. The molecule has 0 aromatic heterocycles. The lowest BCUT2D eigenvalue weighted by Crippen LogP contribution is -2.49. The van der Waals surface area contributed by atoms with Crippen LogP contribution in [0.15, 0.2) is 24.3 Å². The topological polar surface area (TPSA) is 82.2 Å². The van der Waals surface area contributed by atoms with Crippen LogP contribution in [0, 0.1) is 0 Å². The number of hydrogen-bond acceptors (Lipinski definition) is 5. The summed E-state index contributed by atoms with van der Waals surface area (Å²) in [4.78, 5) is 41.3. The predicted molar refractivity (Wildman–Crippen MR) is 109 cm³/mol. The van der Waals surface area contributed by atoms with E-state index in [0.29, 0.717) is 38.2 Å². The lowest BCUT2D eigenvalue weighted by atomic mass is 10.1. The average Bonchev–Trinajstić information content (AvgIpc) is 2.66. The maximum atomic E-state index is 12.5. The summed E-state index contributed by atoms with van der Waals surface area (Å²) in [5.41, 5.74) is 1.70. The fourth-order valence-electron chi connectivity index (χ4n) is 3.15. The minimum atomic E-state index is -0.309. The second-order valence-electron chi connectivity index (χ2n) is 7.04. The van der Waals surface area contributed by atoms with Crippen molar-refractivity contribution in [3.63, 3.8) is 0 Å². The fourth-order valence-corrected chi connectivity index (χ4v) is 3.15. The van der Waals surface area contributed by atoms with Crippen LogP contribution in [0.2, 0.25) is 0 Å². The number of rotatable bonds is 6. The number of anilines is 2. The van der Waals surface area contributed by atoms with E-state index in [1.54, 1.807) is 11.8 Å². The Bertz CT molecular complexity index is 682. The molecule has 1 aliphatic rings. The van der Waals surface area contributed by atoms with Gasteiger partial charge in [-0.1, -0.05) is 0 Å². The fraction of sp³-hybridized carbons (Fsp3) is 0.550. The first-order valence-electron chi connectivity index (χ1n) is 9.58.